The third-order valence-corrected chi connectivity index (χ3v) is 3.68. The van der Waals surface area contributed by atoms with Crippen LogP contribution in [0.1, 0.15) is 68.4 Å². The molecule has 0 amide bonds. The molecule has 1 aromatic heterocycles. The van der Waals surface area contributed by atoms with Crippen molar-refractivity contribution in [1.29, 1.82) is 0 Å². The van der Waals surface area contributed by atoms with Crippen molar-refractivity contribution in [3.8, 4) is 0 Å². The summed E-state index contributed by atoms with van der Waals surface area (Å²) in [5, 5.41) is 4.43. The summed E-state index contributed by atoms with van der Waals surface area (Å²) in [6.45, 7) is 8.26. The van der Waals surface area contributed by atoms with E-state index < -0.39 is 0 Å². The van der Waals surface area contributed by atoms with Gasteiger partial charge in [0.1, 0.15) is 0 Å². The highest BCUT2D eigenvalue weighted by Gasteiger charge is 2.30. The standard InChI is InChI=1S/C13H20N2O/c1-8(2)11-6-5-9(3)13-12(11)7-15(14-13)10(4)16/h7-9,11H,5-6H2,1-4H3/t9-,11-/m0/s1. The van der Waals surface area contributed by atoms with Crippen molar-refractivity contribution in [1.82, 2.24) is 9.78 Å². The molecule has 2 atom stereocenters. The Kier molecular flexibility index (Phi) is 2.87. The Morgan fingerprint density at radius 1 is 1.50 bits per heavy atom. The van der Waals surface area contributed by atoms with Crippen LogP contribution < -0.4 is 0 Å². The molecule has 3 nitrogen and oxygen atoms in total. The summed E-state index contributed by atoms with van der Waals surface area (Å²) >= 11 is 0. The van der Waals surface area contributed by atoms with Gasteiger partial charge >= 0.3 is 0 Å². The summed E-state index contributed by atoms with van der Waals surface area (Å²) in [6, 6.07) is 0. The third kappa shape index (κ3) is 1.79. The summed E-state index contributed by atoms with van der Waals surface area (Å²) in [7, 11) is 0. The van der Waals surface area contributed by atoms with Gasteiger partial charge in [0.05, 0.1) is 5.69 Å². The molecule has 1 aromatic rings. The fourth-order valence-corrected chi connectivity index (χ4v) is 2.64. The minimum atomic E-state index is 0.00380. The van der Waals surface area contributed by atoms with Crippen LogP contribution in [0.4, 0.5) is 0 Å². The molecule has 0 radical (unpaired) electrons. The van der Waals surface area contributed by atoms with Gasteiger partial charge in [-0.1, -0.05) is 20.8 Å². The average molecular weight is 220 g/mol. The predicted octanol–water partition coefficient (Wildman–Crippen LogP) is 3.18. The van der Waals surface area contributed by atoms with Gasteiger partial charge in [-0.25, -0.2) is 4.68 Å². The third-order valence-electron chi connectivity index (χ3n) is 3.68. The topological polar surface area (TPSA) is 34.9 Å². The molecular weight excluding hydrogens is 200 g/mol. The number of carbonyl (C=O) groups is 1. The van der Waals surface area contributed by atoms with Crippen LogP contribution >= 0.6 is 0 Å². The summed E-state index contributed by atoms with van der Waals surface area (Å²) in [5.74, 6) is 1.69. The lowest BCUT2D eigenvalue weighted by atomic mass is 9.76. The Morgan fingerprint density at radius 2 is 2.19 bits per heavy atom. The molecule has 1 aliphatic carbocycles. The monoisotopic (exact) mass is 220 g/mol. The second-order valence-corrected chi connectivity index (χ2v) is 5.26. The molecule has 88 valence electrons. The first-order chi connectivity index (χ1) is 7.50. The van der Waals surface area contributed by atoms with Crippen LogP contribution in [0.3, 0.4) is 0 Å². The first-order valence-electron chi connectivity index (χ1n) is 6.11. The Morgan fingerprint density at radius 3 is 2.75 bits per heavy atom. The number of carbonyl (C=O) groups excluding carboxylic acids is 1. The van der Waals surface area contributed by atoms with Gasteiger partial charge in [0.25, 0.3) is 0 Å². The number of nitrogens with zero attached hydrogens (tertiary/aromatic N) is 2. The lowest BCUT2D eigenvalue weighted by Crippen LogP contribution is -2.15. The molecule has 0 fully saturated rings. The van der Waals surface area contributed by atoms with E-state index >= 15 is 0 Å². The molecule has 0 saturated carbocycles. The van der Waals surface area contributed by atoms with Crippen LogP contribution in [0.25, 0.3) is 0 Å². The molecule has 2 rings (SSSR count). The lowest BCUT2D eigenvalue weighted by molar-refractivity contribution is 0.0920. The Labute approximate surface area is 96.8 Å². The molecule has 1 aliphatic rings. The highest BCUT2D eigenvalue weighted by molar-refractivity contribution is 5.75. The van der Waals surface area contributed by atoms with Crippen molar-refractivity contribution in [2.24, 2.45) is 5.92 Å². The Hall–Kier alpha value is -1.12. The maximum atomic E-state index is 11.3. The first-order valence-corrected chi connectivity index (χ1v) is 6.11. The van der Waals surface area contributed by atoms with Gasteiger partial charge in [-0.05, 0) is 30.2 Å². The van der Waals surface area contributed by atoms with Crippen molar-refractivity contribution >= 4 is 5.91 Å². The minimum absolute atomic E-state index is 0.00380. The van der Waals surface area contributed by atoms with Crippen molar-refractivity contribution in [3.05, 3.63) is 17.5 Å². The quantitative estimate of drug-likeness (QED) is 0.728. The van der Waals surface area contributed by atoms with Crippen molar-refractivity contribution in [2.45, 2.75) is 52.4 Å². The van der Waals surface area contributed by atoms with Gasteiger partial charge < -0.3 is 0 Å². The van der Waals surface area contributed by atoms with Crippen molar-refractivity contribution in [3.63, 3.8) is 0 Å². The zero-order valence-corrected chi connectivity index (χ0v) is 10.5. The molecule has 1 heterocycles. The minimum Gasteiger partial charge on any atom is -0.273 e. The predicted molar refractivity (Wildman–Crippen MR) is 63.8 cm³/mol. The smallest absolute Gasteiger partial charge is 0.243 e. The number of aromatic nitrogens is 2. The highest BCUT2D eigenvalue weighted by atomic mass is 16.2. The molecule has 0 spiro atoms. The van der Waals surface area contributed by atoms with E-state index in [1.807, 2.05) is 6.20 Å². The Bertz CT molecular complexity index is 406. The van der Waals surface area contributed by atoms with Gasteiger partial charge in [-0.3, -0.25) is 4.79 Å². The van der Waals surface area contributed by atoms with Crippen LogP contribution in [0.5, 0.6) is 0 Å². The van der Waals surface area contributed by atoms with E-state index in [4.69, 9.17) is 0 Å². The Balaban J connectivity index is 2.44. The van der Waals surface area contributed by atoms with E-state index in [9.17, 15) is 4.79 Å². The normalized spacial score (nSPS) is 24.6. The zero-order chi connectivity index (χ0) is 11.9. The highest BCUT2D eigenvalue weighted by Crippen LogP contribution is 2.41. The number of hydrogen-bond acceptors (Lipinski definition) is 2. The van der Waals surface area contributed by atoms with Gasteiger partial charge in [-0.2, -0.15) is 5.10 Å². The molecule has 16 heavy (non-hydrogen) atoms. The van der Waals surface area contributed by atoms with Crippen LogP contribution in [-0.4, -0.2) is 15.7 Å². The first kappa shape index (κ1) is 11.4. The van der Waals surface area contributed by atoms with Crippen molar-refractivity contribution in [2.75, 3.05) is 0 Å². The van der Waals surface area contributed by atoms with Gasteiger partial charge in [0.15, 0.2) is 0 Å². The zero-order valence-electron chi connectivity index (χ0n) is 10.5. The average Bonchev–Trinajstić information content (AvgIpc) is 2.62. The van der Waals surface area contributed by atoms with E-state index in [0.29, 0.717) is 17.8 Å². The second-order valence-electron chi connectivity index (χ2n) is 5.26. The maximum absolute atomic E-state index is 11.3. The lowest BCUT2D eigenvalue weighted by Gasteiger charge is -2.28. The number of hydrogen-bond donors (Lipinski definition) is 0. The van der Waals surface area contributed by atoms with Gasteiger partial charge in [0, 0.05) is 19.0 Å². The van der Waals surface area contributed by atoms with Gasteiger partial charge in [0.2, 0.25) is 5.91 Å². The van der Waals surface area contributed by atoms with Crippen LogP contribution in [-0.2, 0) is 0 Å². The van der Waals surface area contributed by atoms with Crippen LogP contribution in [0.15, 0.2) is 6.20 Å². The fraction of sp³-hybridized carbons (Fsp3) is 0.692. The molecule has 0 bridgehead atoms. The summed E-state index contributed by atoms with van der Waals surface area (Å²) in [6.07, 6.45) is 4.35. The summed E-state index contributed by atoms with van der Waals surface area (Å²) < 4.78 is 1.50. The molecule has 0 N–H and O–H groups in total. The number of rotatable bonds is 1. The fourth-order valence-electron chi connectivity index (χ4n) is 2.64. The van der Waals surface area contributed by atoms with E-state index in [-0.39, 0.29) is 5.91 Å². The van der Waals surface area contributed by atoms with Crippen LogP contribution in [0.2, 0.25) is 0 Å². The van der Waals surface area contributed by atoms with Crippen molar-refractivity contribution < 1.29 is 4.79 Å². The van der Waals surface area contributed by atoms with Crippen LogP contribution in [0, 0.1) is 5.92 Å². The van der Waals surface area contributed by atoms with E-state index in [2.05, 4.69) is 25.9 Å². The maximum Gasteiger partial charge on any atom is 0.243 e. The molecule has 0 aliphatic heterocycles. The summed E-state index contributed by atoms with van der Waals surface area (Å²) in [4.78, 5) is 11.3. The van der Waals surface area contributed by atoms with E-state index in [1.165, 1.54) is 23.1 Å². The molecule has 0 aromatic carbocycles. The molecule has 0 saturated heterocycles. The molecular formula is C13H20N2O. The van der Waals surface area contributed by atoms with E-state index in [0.717, 1.165) is 5.69 Å². The molecule has 0 unspecified atom stereocenters. The summed E-state index contributed by atoms with van der Waals surface area (Å²) in [5.41, 5.74) is 2.43. The van der Waals surface area contributed by atoms with E-state index in [1.54, 1.807) is 6.92 Å². The largest absolute Gasteiger partial charge is 0.273 e. The number of fused-ring (bicyclic) bond motifs is 1. The second kappa shape index (κ2) is 4.04. The SMILES string of the molecule is CC(=O)n1cc2c(n1)[C@@H](C)CC[C@H]2C(C)C. The van der Waals surface area contributed by atoms with Gasteiger partial charge in [-0.15, -0.1) is 0 Å². The molecule has 3 heteroatoms.